The highest BCUT2D eigenvalue weighted by Gasteiger charge is 2.22. The Morgan fingerprint density at radius 1 is 1.33 bits per heavy atom. The number of hydrogen-bond donors (Lipinski definition) is 2. The molecule has 3 N–H and O–H groups in total. The molecule has 0 spiro atoms. The Morgan fingerprint density at radius 3 is 2.57 bits per heavy atom. The second-order valence-electron chi connectivity index (χ2n) is 5.63. The van der Waals surface area contributed by atoms with Crippen LogP contribution in [0.25, 0.3) is 0 Å². The fraction of sp³-hybridized carbons (Fsp3) is 0.562. The van der Waals surface area contributed by atoms with Crippen LogP contribution in [0, 0.1) is 0 Å². The van der Waals surface area contributed by atoms with Crippen molar-refractivity contribution >= 4 is 17.3 Å². The summed E-state index contributed by atoms with van der Waals surface area (Å²) in [4.78, 5) is 16.5. The maximum Gasteiger partial charge on any atom is 0.251 e. The van der Waals surface area contributed by atoms with Gasteiger partial charge in [-0.2, -0.15) is 0 Å². The Bertz CT molecular complexity index is 495. The van der Waals surface area contributed by atoms with Crippen molar-refractivity contribution in [3.8, 4) is 0 Å². The lowest BCUT2D eigenvalue weighted by atomic mass is 10.1. The second kappa shape index (κ2) is 6.80. The number of nitrogen functional groups attached to an aromatic ring is 1. The van der Waals surface area contributed by atoms with Crippen molar-refractivity contribution in [2.75, 3.05) is 43.9 Å². The molecule has 116 valence electrons. The van der Waals surface area contributed by atoms with Gasteiger partial charge in [0.1, 0.15) is 0 Å². The van der Waals surface area contributed by atoms with E-state index in [-0.39, 0.29) is 5.91 Å². The molecule has 1 aliphatic rings. The SMILES string of the molecule is CCC(C)N1CCN(c2cc(C(=O)NC)ccc2N)CC1. The van der Waals surface area contributed by atoms with Crippen LogP contribution in [0.1, 0.15) is 30.6 Å². The van der Waals surface area contributed by atoms with Crippen LogP contribution in [-0.4, -0.2) is 50.1 Å². The zero-order valence-corrected chi connectivity index (χ0v) is 13.2. The lowest BCUT2D eigenvalue weighted by Gasteiger charge is -2.39. The van der Waals surface area contributed by atoms with Crippen LogP contribution in [0.15, 0.2) is 18.2 Å². The van der Waals surface area contributed by atoms with E-state index in [1.165, 1.54) is 6.42 Å². The predicted octanol–water partition coefficient (Wildman–Crippen LogP) is 1.55. The summed E-state index contributed by atoms with van der Waals surface area (Å²) in [7, 11) is 1.64. The summed E-state index contributed by atoms with van der Waals surface area (Å²) in [5.41, 5.74) is 8.46. The molecule has 0 radical (unpaired) electrons. The van der Waals surface area contributed by atoms with Crippen LogP contribution in [0.2, 0.25) is 0 Å². The van der Waals surface area contributed by atoms with Gasteiger partial charge in [0.15, 0.2) is 0 Å². The average Bonchev–Trinajstić information content (AvgIpc) is 2.54. The van der Waals surface area contributed by atoms with Gasteiger partial charge in [-0.15, -0.1) is 0 Å². The van der Waals surface area contributed by atoms with Gasteiger partial charge < -0.3 is 16.0 Å². The van der Waals surface area contributed by atoms with Crippen LogP contribution >= 0.6 is 0 Å². The van der Waals surface area contributed by atoms with Crippen LogP contribution in [0.5, 0.6) is 0 Å². The minimum absolute atomic E-state index is 0.0745. The number of benzene rings is 1. The Labute approximate surface area is 127 Å². The number of carbonyl (C=O) groups is 1. The Balaban J connectivity index is 2.11. The first-order chi connectivity index (χ1) is 10.1. The summed E-state index contributed by atoms with van der Waals surface area (Å²) in [6, 6.07) is 6.11. The lowest BCUT2D eigenvalue weighted by molar-refractivity contribution is 0.0963. The van der Waals surface area contributed by atoms with Crippen LogP contribution < -0.4 is 16.0 Å². The Morgan fingerprint density at radius 2 is 2.00 bits per heavy atom. The van der Waals surface area contributed by atoms with Gasteiger partial charge in [-0.05, 0) is 31.5 Å². The molecule has 5 nitrogen and oxygen atoms in total. The van der Waals surface area contributed by atoms with E-state index < -0.39 is 0 Å². The van der Waals surface area contributed by atoms with Gasteiger partial charge in [-0.1, -0.05) is 6.92 Å². The van der Waals surface area contributed by atoms with Gasteiger partial charge in [0, 0.05) is 44.8 Å². The van der Waals surface area contributed by atoms with Crippen molar-refractivity contribution in [2.45, 2.75) is 26.3 Å². The molecule has 21 heavy (non-hydrogen) atoms. The van der Waals surface area contributed by atoms with Gasteiger partial charge in [0.2, 0.25) is 0 Å². The summed E-state index contributed by atoms with van der Waals surface area (Å²) in [5, 5.41) is 2.65. The third-order valence-corrected chi connectivity index (χ3v) is 4.39. The Kier molecular flexibility index (Phi) is 5.07. The van der Waals surface area contributed by atoms with Crippen molar-refractivity contribution in [3.05, 3.63) is 23.8 Å². The normalized spacial score (nSPS) is 17.6. The first kappa shape index (κ1) is 15.6. The molecule has 1 aliphatic heterocycles. The number of carbonyl (C=O) groups excluding carboxylic acids is 1. The van der Waals surface area contributed by atoms with Crippen molar-refractivity contribution in [3.63, 3.8) is 0 Å². The van der Waals surface area contributed by atoms with Gasteiger partial charge in [0.25, 0.3) is 5.91 Å². The van der Waals surface area contributed by atoms with Gasteiger partial charge >= 0.3 is 0 Å². The smallest absolute Gasteiger partial charge is 0.251 e. The Hall–Kier alpha value is -1.75. The molecule has 1 heterocycles. The summed E-state index contributed by atoms with van der Waals surface area (Å²) in [6.07, 6.45) is 1.17. The molecule has 1 atom stereocenters. The number of hydrogen-bond acceptors (Lipinski definition) is 4. The molecule has 2 rings (SSSR count). The van der Waals surface area contributed by atoms with E-state index >= 15 is 0 Å². The van der Waals surface area contributed by atoms with Crippen LogP contribution in [-0.2, 0) is 0 Å². The molecule has 0 aromatic heterocycles. The van der Waals surface area contributed by atoms with E-state index in [4.69, 9.17) is 5.73 Å². The number of nitrogens with zero attached hydrogens (tertiary/aromatic N) is 2. The molecular formula is C16H26N4O. The molecular weight excluding hydrogens is 264 g/mol. The number of nitrogens with one attached hydrogen (secondary N) is 1. The maximum atomic E-state index is 11.8. The van der Waals surface area contributed by atoms with E-state index in [1.807, 2.05) is 12.1 Å². The number of rotatable bonds is 4. The quantitative estimate of drug-likeness (QED) is 0.826. The van der Waals surface area contributed by atoms with E-state index in [9.17, 15) is 4.79 Å². The summed E-state index contributed by atoms with van der Waals surface area (Å²) >= 11 is 0. The number of piperazine rings is 1. The minimum Gasteiger partial charge on any atom is -0.397 e. The average molecular weight is 290 g/mol. The maximum absolute atomic E-state index is 11.8. The molecule has 1 aromatic carbocycles. The van der Waals surface area contributed by atoms with Gasteiger partial charge in [0.05, 0.1) is 11.4 Å². The third kappa shape index (κ3) is 3.47. The molecule has 1 unspecified atom stereocenters. The fourth-order valence-electron chi connectivity index (χ4n) is 2.76. The lowest BCUT2D eigenvalue weighted by Crippen LogP contribution is -2.49. The molecule has 0 bridgehead atoms. The third-order valence-electron chi connectivity index (χ3n) is 4.39. The highest BCUT2D eigenvalue weighted by molar-refractivity contribution is 5.96. The highest BCUT2D eigenvalue weighted by atomic mass is 16.1. The van der Waals surface area contributed by atoms with E-state index in [2.05, 4.69) is 29.0 Å². The monoisotopic (exact) mass is 290 g/mol. The molecule has 5 heteroatoms. The number of anilines is 2. The van der Waals surface area contributed by atoms with E-state index in [1.54, 1.807) is 13.1 Å². The summed E-state index contributed by atoms with van der Waals surface area (Å²) < 4.78 is 0. The standard InChI is InChI=1S/C16H26N4O/c1-4-12(2)19-7-9-20(10-8-19)15-11-13(16(21)18-3)5-6-14(15)17/h5-6,11-12H,4,7-10,17H2,1-3H3,(H,18,21). The van der Waals surface area contributed by atoms with E-state index in [0.29, 0.717) is 11.6 Å². The summed E-state index contributed by atoms with van der Waals surface area (Å²) in [6.45, 7) is 8.48. The summed E-state index contributed by atoms with van der Waals surface area (Å²) in [5.74, 6) is -0.0745. The molecule has 0 aliphatic carbocycles. The zero-order valence-electron chi connectivity index (χ0n) is 13.2. The van der Waals surface area contributed by atoms with Gasteiger partial charge in [-0.3, -0.25) is 9.69 Å². The predicted molar refractivity (Wildman–Crippen MR) is 87.8 cm³/mol. The first-order valence-corrected chi connectivity index (χ1v) is 7.67. The topological polar surface area (TPSA) is 61.6 Å². The van der Waals surface area contributed by atoms with Gasteiger partial charge in [-0.25, -0.2) is 0 Å². The number of nitrogens with two attached hydrogens (primary N) is 1. The minimum atomic E-state index is -0.0745. The second-order valence-corrected chi connectivity index (χ2v) is 5.63. The molecule has 1 aromatic rings. The van der Waals surface area contributed by atoms with Crippen LogP contribution in [0.3, 0.4) is 0 Å². The number of amides is 1. The highest BCUT2D eigenvalue weighted by Crippen LogP contribution is 2.26. The van der Waals surface area contributed by atoms with Crippen molar-refractivity contribution in [2.24, 2.45) is 0 Å². The van der Waals surface area contributed by atoms with Crippen LogP contribution in [0.4, 0.5) is 11.4 Å². The van der Waals surface area contributed by atoms with Crippen molar-refractivity contribution in [1.82, 2.24) is 10.2 Å². The molecule has 1 amide bonds. The fourth-order valence-corrected chi connectivity index (χ4v) is 2.76. The molecule has 1 saturated heterocycles. The molecule has 1 fully saturated rings. The van der Waals surface area contributed by atoms with E-state index in [0.717, 1.165) is 37.6 Å². The molecule has 0 saturated carbocycles. The van der Waals surface area contributed by atoms with Crippen molar-refractivity contribution < 1.29 is 4.79 Å². The largest absolute Gasteiger partial charge is 0.397 e. The first-order valence-electron chi connectivity index (χ1n) is 7.67. The van der Waals surface area contributed by atoms with Crippen molar-refractivity contribution in [1.29, 1.82) is 0 Å². The zero-order chi connectivity index (χ0) is 15.4.